The third-order valence-corrected chi connectivity index (χ3v) is 3.20. The molecule has 8 heteroatoms. The van der Waals surface area contributed by atoms with Gasteiger partial charge in [-0.2, -0.15) is 4.98 Å². The maximum absolute atomic E-state index is 10.9. The highest BCUT2D eigenvalue weighted by atomic mass is 79.9. The van der Waals surface area contributed by atoms with E-state index in [0.717, 1.165) is 16.3 Å². The zero-order valence-corrected chi connectivity index (χ0v) is 11.8. The molecule has 2 aromatic rings. The summed E-state index contributed by atoms with van der Waals surface area (Å²) < 4.78 is 30.0. The predicted molar refractivity (Wildman–Crippen MR) is 69.1 cm³/mol. The Morgan fingerprint density at radius 3 is 2.89 bits per heavy atom. The highest BCUT2D eigenvalue weighted by Gasteiger charge is 2.10. The molecule has 0 atom stereocenters. The minimum Gasteiger partial charge on any atom is -0.338 e. The average Bonchev–Trinajstić information content (AvgIpc) is 2.74. The van der Waals surface area contributed by atoms with Gasteiger partial charge in [0.1, 0.15) is 0 Å². The molecule has 0 spiro atoms. The van der Waals surface area contributed by atoms with Crippen LogP contribution in [0, 0.1) is 0 Å². The third kappa shape index (κ3) is 3.62. The molecule has 1 N–H and O–H groups in total. The van der Waals surface area contributed by atoms with Crippen LogP contribution in [0.15, 0.2) is 33.3 Å². The number of nitrogens with one attached hydrogen (secondary N) is 1. The highest BCUT2D eigenvalue weighted by molar-refractivity contribution is 9.10. The van der Waals surface area contributed by atoms with Gasteiger partial charge in [-0.05, 0) is 12.1 Å². The molecule has 0 saturated carbocycles. The van der Waals surface area contributed by atoms with Crippen molar-refractivity contribution in [3.8, 4) is 11.4 Å². The number of benzene rings is 1. The fraction of sp³-hybridized carbons (Fsp3) is 0.200. The highest BCUT2D eigenvalue weighted by Crippen LogP contribution is 2.20. The molecular formula is C10H10BrN3O3S. The Morgan fingerprint density at radius 1 is 1.44 bits per heavy atom. The van der Waals surface area contributed by atoms with Crippen molar-refractivity contribution in [3.05, 3.63) is 34.6 Å². The molecule has 0 bridgehead atoms. The first kappa shape index (κ1) is 13.2. The fourth-order valence-electron chi connectivity index (χ4n) is 1.26. The third-order valence-electron chi connectivity index (χ3n) is 2.04. The Bertz CT molecular complexity index is 654. The SMILES string of the molecule is CS(=O)(=O)NCc1nc(-c2cccc(Br)c2)no1. The second kappa shape index (κ2) is 5.17. The Balaban J connectivity index is 2.16. The van der Waals surface area contributed by atoms with Gasteiger partial charge in [-0.25, -0.2) is 13.1 Å². The molecule has 0 saturated heterocycles. The molecule has 6 nitrogen and oxygen atoms in total. The summed E-state index contributed by atoms with van der Waals surface area (Å²) >= 11 is 3.35. The summed E-state index contributed by atoms with van der Waals surface area (Å²) in [5.74, 6) is 0.636. The maximum Gasteiger partial charge on any atom is 0.242 e. The van der Waals surface area contributed by atoms with Gasteiger partial charge in [0.2, 0.25) is 21.7 Å². The zero-order chi connectivity index (χ0) is 13.2. The Morgan fingerprint density at radius 2 is 2.22 bits per heavy atom. The van der Waals surface area contributed by atoms with Crippen LogP contribution < -0.4 is 4.72 Å². The molecule has 0 fully saturated rings. The van der Waals surface area contributed by atoms with E-state index in [1.807, 2.05) is 24.3 Å². The summed E-state index contributed by atoms with van der Waals surface area (Å²) in [6.07, 6.45) is 1.07. The number of aromatic nitrogens is 2. The molecule has 1 heterocycles. The molecule has 0 aliphatic carbocycles. The van der Waals surface area contributed by atoms with Crippen LogP contribution in [-0.2, 0) is 16.6 Å². The Kier molecular flexibility index (Phi) is 3.79. The van der Waals surface area contributed by atoms with E-state index in [9.17, 15) is 8.42 Å². The van der Waals surface area contributed by atoms with Crippen molar-refractivity contribution in [2.24, 2.45) is 0 Å². The lowest BCUT2D eigenvalue weighted by atomic mass is 10.2. The van der Waals surface area contributed by atoms with Crippen LogP contribution in [0.25, 0.3) is 11.4 Å². The summed E-state index contributed by atoms with van der Waals surface area (Å²) in [5, 5.41) is 3.79. The first-order valence-corrected chi connectivity index (χ1v) is 7.66. The van der Waals surface area contributed by atoms with Crippen LogP contribution in [-0.4, -0.2) is 24.8 Å². The molecule has 0 amide bonds. The van der Waals surface area contributed by atoms with Crippen molar-refractivity contribution in [3.63, 3.8) is 0 Å². The monoisotopic (exact) mass is 331 g/mol. The van der Waals surface area contributed by atoms with Gasteiger partial charge in [0, 0.05) is 10.0 Å². The van der Waals surface area contributed by atoms with Gasteiger partial charge in [0.05, 0.1) is 12.8 Å². The Hall–Kier alpha value is -1.25. The number of halogens is 1. The van der Waals surface area contributed by atoms with Crippen LogP contribution in [0.3, 0.4) is 0 Å². The molecule has 0 aliphatic rings. The molecular weight excluding hydrogens is 322 g/mol. The van der Waals surface area contributed by atoms with Crippen LogP contribution in [0.1, 0.15) is 5.89 Å². The van der Waals surface area contributed by atoms with E-state index in [2.05, 4.69) is 30.8 Å². The largest absolute Gasteiger partial charge is 0.338 e. The number of sulfonamides is 1. The quantitative estimate of drug-likeness (QED) is 0.918. The molecule has 96 valence electrons. The molecule has 2 rings (SSSR count). The van der Waals surface area contributed by atoms with E-state index in [1.54, 1.807) is 0 Å². The van der Waals surface area contributed by atoms with Gasteiger partial charge in [0.15, 0.2) is 0 Å². The van der Waals surface area contributed by atoms with Crippen molar-refractivity contribution < 1.29 is 12.9 Å². The Labute approximate surface area is 113 Å². The van der Waals surface area contributed by atoms with Crippen LogP contribution in [0.5, 0.6) is 0 Å². The van der Waals surface area contributed by atoms with E-state index in [-0.39, 0.29) is 12.4 Å². The first-order valence-electron chi connectivity index (χ1n) is 4.97. The van der Waals surface area contributed by atoms with Gasteiger partial charge in [-0.1, -0.05) is 33.2 Å². The summed E-state index contributed by atoms with van der Waals surface area (Å²) in [4.78, 5) is 4.10. The smallest absolute Gasteiger partial charge is 0.242 e. The van der Waals surface area contributed by atoms with Gasteiger partial charge in [-0.15, -0.1) is 0 Å². The fourth-order valence-corrected chi connectivity index (χ4v) is 2.05. The number of hydrogen-bond donors (Lipinski definition) is 1. The first-order chi connectivity index (χ1) is 8.44. The second-order valence-corrected chi connectivity index (χ2v) is 6.36. The minimum atomic E-state index is -3.27. The lowest BCUT2D eigenvalue weighted by Crippen LogP contribution is -2.21. The van der Waals surface area contributed by atoms with E-state index in [4.69, 9.17) is 4.52 Å². The predicted octanol–water partition coefficient (Wildman–Crippen LogP) is 1.55. The van der Waals surface area contributed by atoms with Crippen molar-refractivity contribution in [1.29, 1.82) is 0 Å². The van der Waals surface area contributed by atoms with Crippen LogP contribution >= 0.6 is 15.9 Å². The summed E-state index contributed by atoms with van der Waals surface area (Å²) in [6, 6.07) is 7.42. The van der Waals surface area contributed by atoms with E-state index >= 15 is 0 Å². The lowest BCUT2D eigenvalue weighted by Gasteiger charge is -1.96. The van der Waals surface area contributed by atoms with Crippen molar-refractivity contribution in [1.82, 2.24) is 14.9 Å². The number of hydrogen-bond acceptors (Lipinski definition) is 5. The minimum absolute atomic E-state index is 0.0141. The summed E-state index contributed by atoms with van der Waals surface area (Å²) in [6.45, 7) is -0.0141. The standard InChI is InChI=1S/C10H10BrN3O3S/c1-18(15,16)12-6-9-13-10(14-17-9)7-3-2-4-8(11)5-7/h2-5,12H,6H2,1H3. The van der Waals surface area contributed by atoms with Gasteiger partial charge in [-0.3, -0.25) is 0 Å². The normalized spacial score (nSPS) is 11.7. The molecule has 1 aromatic carbocycles. The summed E-state index contributed by atoms with van der Waals surface area (Å²) in [5.41, 5.74) is 0.790. The van der Waals surface area contributed by atoms with Gasteiger partial charge < -0.3 is 4.52 Å². The molecule has 1 aromatic heterocycles. The number of rotatable bonds is 4. The van der Waals surface area contributed by atoms with Gasteiger partial charge in [0.25, 0.3) is 0 Å². The van der Waals surface area contributed by atoms with Crippen LogP contribution in [0.2, 0.25) is 0 Å². The molecule has 0 radical (unpaired) electrons. The molecule has 18 heavy (non-hydrogen) atoms. The second-order valence-electron chi connectivity index (χ2n) is 3.62. The van der Waals surface area contributed by atoms with Gasteiger partial charge >= 0.3 is 0 Å². The average molecular weight is 332 g/mol. The molecule has 0 unspecified atom stereocenters. The number of nitrogens with zero attached hydrogens (tertiary/aromatic N) is 2. The van der Waals surface area contributed by atoms with Crippen molar-refractivity contribution in [2.75, 3.05) is 6.26 Å². The van der Waals surface area contributed by atoms with E-state index < -0.39 is 10.0 Å². The lowest BCUT2D eigenvalue weighted by molar-refractivity contribution is 0.376. The van der Waals surface area contributed by atoms with E-state index in [1.165, 1.54) is 0 Å². The van der Waals surface area contributed by atoms with Crippen LogP contribution in [0.4, 0.5) is 0 Å². The maximum atomic E-state index is 10.9. The zero-order valence-electron chi connectivity index (χ0n) is 9.42. The molecule has 0 aliphatic heterocycles. The summed E-state index contributed by atoms with van der Waals surface area (Å²) in [7, 11) is -3.27. The van der Waals surface area contributed by atoms with Crippen molar-refractivity contribution in [2.45, 2.75) is 6.54 Å². The van der Waals surface area contributed by atoms with Crippen molar-refractivity contribution >= 4 is 26.0 Å². The topological polar surface area (TPSA) is 85.1 Å². The van der Waals surface area contributed by atoms with E-state index in [0.29, 0.717) is 5.82 Å².